The van der Waals surface area contributed by atoms with Gasteiger partial charge in [0, 0.05) is 56.8 Å². The number of hydrogen-bond donors (Lipinski definition) is 2. The van der Waals surface area contributed by atoms with Crippen molar-refractivity contribution in [3.8, 4) is 0 Å². The van der Waals surface area contributed by atoms with Gasteiger partial charge in [0.05, 0.1) is 11.7 Å². The van der Waals surface area contributed by atoms with Crippen LogP contribution < -0.4 is 4.72 Å². The van der Waals surface area contributed by atoms with Gasteiger partial charge >= 0.3 is 0 Å². The van der Waals surface area contributed by atoms with Gasteiger partial charge in [-0.3, -0.25) is 0 Å². The topological polar surface area (TPSA) is 99.2 Å². The van der Waals surface area contributed by atoms with Crippen LogP contribution in [-0.4, -0.2) is 76.9 Å². The van der Waals surface area contributed by atoms with Crippen molar-refractivity contribution in [1.82, 2.24) is 33.4 Å². The SMILES string of the molecule is CN1CCN(S(=O)(=O)NCCc2nc3cnc4[nH]ccc4c3n2C2CCCCC2)CC1. The zero-order valence-electron chi connectivity index (χ0n) is 18.0. The van der Waals surface area contributed by atoms with Crippen LogP contribution in [-0.2, 0) is 16.6 Å². The molecule has 0 amide bonds. The number of fused-ring (bicyclic) bond motifs is 3. The van der Waals surface area contributed by atoms with Gasteiger partial charge in [0.1, 0.15) is 17.0 Å². The molecule has 2 fully saturated rings. The monoisotopic (exact) mass is 445 g/mol. The van der Waals surface area contributed by atoms with E-state index < -0.39 is 10.2 Å². The molecule has 0 radical (unpaired) electrons. The van der Waals surface area contributed by atoms with Crippen molar-refractivity contribution in [3.63, 3.8) is 0 Å². The molecule has 31 heavy (non-hydrogen) atoms. The first-order valence-corrected chi connectivity index (χ1v) is 12.7. The number of nitrogens with zero attached hydrogens (tertiary/aromatic N) is 5. The summed E-state index contributed by atoms with van der Waals surface area (Å²) in [5, 5.41) is 1.08. The third kappa shape index (κ3) is 4.09. The second kappa shape index (κ2) is 8.50. The van der Waals surface area contributed by atoms with Crippen LogP contribution in [0.2, 0.25) is 0 Å². The smallest absolute Gasteiger partial charge is 0.279 e. The average Bonchev–Trinajstić information content (AvgIpc) is 3.38. The standard InChI is InChI=1S/C21H31N7O2S/c1-26-11-13-27(14-12-26)31(29,30)24-10-8-19-25-18-15-23-21-17(7-9-22-21)20(18)28(19)16-5-3-2-4-6-16/h7,9,15-16,24H,2-6,8,10-14H2,1H3,(H,22,23). The summed E-state index contributed by atoms with van der Waals surface area (Å²) >= 11 is 0. The van der Waals surface area contributed by atoms with E-state index in [1.165, 1.54) is 19.3 Å². The number of aromatic amines is 1. The third-order valence-electron chi connectivity index (χ3n) is 6.68. The Labute approximate surface area is 183 Å². The molecule has 10 heteroatoms. The van der Waals surface area contributed by atoms with E-state index in [0.29, 0.717) is 32.1 Å². The highest BCUT2D eigenvalue weighted by Crippen LogP contribution is 2.34. The third-order valence-corrected chi connectivity index (χ3v) is 8.30. The molecular formula is C21H31N7O2S. The lowest BCUT2D eigenvalue weighted by molar-refractivity contribution is 0.221. The van der Waals surface area contributed by atoms with Gasteiger partial charge < -0.3 is 14.5 Å². The maximum atomic E-state index is 12.7. The number of aromatic nitrogens is 4. The molecule has 1 aliphatic heterocycles. The minimum atomic E-state index is -3.47. The summed E-state index contributed by atoms with van der Waals surface area (Å²) in [7, 11) is -1.45. The molecule has 3 aromatic heterocycles. The molecule has 1 saturated carbocycles. The molecule has 1 aliphatic carbocycles. The number of nitrogens with one attached hydrogen (secondary N) is 2. The number of pyridine rings is 1. The lowest BCUT2D eigenvalue weighted by Gasteiger charge is -2.31. The summed E-state index contributed by atoms with van der Waals surface area (Å²) in [5.41, 5.74) is 2.87. The molecule has 0 atom stereocenters. The first-order chi connectivity index (χ1) is 15.0. The van der Waals surface area contributed by atoms with Crippen LogP contribution in [0, 0.1) is 0 Å². The molecule has 168 valence electrons. The number of likely N-dealkylation sites (N-methyl/N-ethyl adjacent to an activating group) is 1. The Kier molecular flexibility index (Phi) is 5.72. The summed E-state index contributed by atoms with van der Waals surface area (Å²) in [4.78, 5) is 14.7. The van der Waals surface area contributed by atoms with Crippen molar-refractivity contribution in [2.24, 2.45) is 0 Å². The van der Waals surface area contributed by atoms with Gasteiger partial charge in [-0.05, 0) is 26.0 Å². The quantitative estimate of drug-likeness (QED) is 0.605. The molecule has 0 unspecified atom stereocenters. The highest BCUT2D eigenvalue weighted by molar-refractivity contribution is 7.87. The predicted octanol–water partition coefficient (Wildman–Crippen LogP) is 2.04. The molecule has 0 spiro atoms. The Morgan fingerprint density at radius 3 is 2.71 bits per heavy atom. The normalized spacial score (nSPS) is 20.2. The molecule has 3 aromatic rings. The molecule has 0 aromatic carbocycles. The van der Waals surface area contributed by atoms with Crippen LogP contribution in [0.5, 0.6) is 0 Å². The van der Waals surface area contributed by atoms with E-state index in [2.05, 4.69) is 30.2 Å². The first-order valence-electron chi connectivity index (χ1n) is 11.3. The summed E-state index contributed by atoms with van der Waals surface area (Å²) in [6.45, 7) is 2.93. The molecule has 2 aliphatic rings. The highest BCUT2D eigenvalue weighted by atomic mass is 32.2. The average molecular weight is 446 g/mol. The summed E-state index contributed by atoms with van der Waals surface area (Å²) in [5.74, 6) is 0.943. The van der Waals surface area contributed by atoms with Crippen molar-refractivity contribution in [2.45, 2.75) is 44.6 Å². The number of H-pyrrole nitrogens is 1. The maximum Gasteiger partial charge on any atom is 0.279 e. The van der Waals surface area contributed by atoms with Crippen molar-refractivity contribution in [3.05, 3.63) is 24.3 Å². The van der Waals surface area contributed by atoms with Gasteiger partial charge in [0.2, 0.25) is 0 Å². The van der Waals surface area contributed by atoms with Crippen molar-refractivity contribution >= 4 is 32.3 Å². The Morgan fingerprint density at radius 1 is 1.16 bits per heavy atom. The Balaban J connectivity index is 1.40. The van der Waals surface area contributed by atoms with Gasteiger partial charge in [-0.15, -0.1) is 0 Å². The second-order valence-corrected chi connectivity index (χ2v) is 10.5. The van der Waals surface area contributed by atoms with Gasteiger partial charge in [-0.1, -0.05) is 19.3 Å². The van der Waals surface area contributed by atoms with E-state index in [0.717, 1.165) is 53.8 Å². The minimum Gasteiger partial charge on any atom is -0.346 e. The molecule has 5 rings (SSSR count). The fourth-order valence-corrected chi connectivity index (χ4v) is 6.15. The molecule has 0 bridgehead atoms. The highest BCUT2D eigenvalue weighted by Gasteiger charge is 2.26. The van der Waals surface area contributed by atoms with E-state index in [4.69, 9.17) is 4.98 Å². The van der Waals surface area contributed by atoms with E-state index in [1.807, 2.05) is 19.4 Å². The predicted molar refractivity (Wildman–Crippen MR) is 121 cm³/mol. The number of imidazole rings is 1. The Bertz CT molecular complexity index is 1160. The molecule has 1 saturated heterocycles. The molecular weight excluding hydrogens is 414 g/mol. The number of piperazine rings is 1. The van der Waals surface area contributed by atoms with E-state index in [-0.39, 0.29) is 0 Å². The van der Waals surface area contributed by atoms with Crippen molar-refractivity contribution < 1.29 is 8.42 Å². The molecule has 2 N–H and O–H groups in total. The zero-order valence-corrected chi connectivity index (χ0v) is 18.9. The summed E-state index contributed by atoms with van der Waals surface area (Å²) < 4.78 is 32.2. The van der Waals surface area contributed by atoms with Gasteiger partial charge in [-0.2, -0.15) is 12.7 Å². The molecule has 9 nitrogen and oxygen atoms in total. The summed E-state index contributed by atoms with van der Waals surface area (Å²) in [6.07, 6.45) is 10.3. The Hall–Kier alpha value is -2.01. The largest absolute Gasteiger partial charge is 0.346 e. The lowest BCUT2D eigenvalue weighted by atomic mass is 9.95. The van der Waals surface area contributed by atoms with E-state index in [1.54, 1.807) is 4.31 Å². The first kappa shape index (κ1) is 20.9. The van der Waals surface area contributed by atoms with Crippen molar-refractivity contribution in [2.75, 3.05) is 39.8 Å². The Morgan fingerprint density at radius 2 is 1.94 bits per heavy atom. The van der Waals surface area contributed by atoms with Crippen molar-refractivity contribution in [1.29, 1.82) is 0 Å². The van der Waals surface area contributed by atoms with Crippen LogP contribution in [0.25, 0.3) is 22.1 Å². The van der Waals surface area contributed by atoms with Crippen LogP contribution in [0.15, 0.2) is 18.5 Å². The summed E-state index contributed by atoms with van der Waals surface area (Å²) in [6, 6.07) is 2.47. The van der Waals surface area contributed by atoms with Crippen LogP contribution >= 0.6 is 0 Å². The zero-order chi connectivity index (χ0) is 21.4. The fourth-order valence-electron chi connectivity index (χ4n) is 4.96. The van der Waals surface area contributed by atoms with Crippen LogP contribution in [0.1, 0.15) is 44.0 Å². The van der Waals surface area contributed by atoms with Gasteiger partial charge in [-0.25, -0.2) is 14.7 Å². The van der Waals surface area contributed by atoms with Gasteiger partial charge in [0.15, 0.2) is 0 Å². The molecule has 4 heterocycles. The second-order valence-electron chi connectivity index (χ2n) is 8.77. The minimum absolute atomic E-state index is 0.342. The maximum absolute atomic E-state index is 12.7. The lowest BCUT2D eigenvalue weighted by Crippen LogP contribution is -2.51. The van der Waals surface area contributed by atoms with E-state index in [9.17, 15) is 8.42 Å². The van der Waals surface area contributed by atoms with E-state index >= 15 is 0 Å². The number of hydrogen-bond acceptors (Lipinski definition) is 5. The van der Waals surface area contributed by atoms with Gasteiger partial charge in [0.25, 0.3) is 10.2 Å². The van der Waals surface area contributed by atoms with Crippen LogP contribution in [0.3, 0.4) is 0 Å². The van der Waals surface area contributed by atoms with Crippen LogP contribution in [0.4, 0.5) is 0 Å². The fraction of sp³-hybridized carbons (Fsp3) is 0.619. The number of rotatable bonds is 6.